The quantitative estimate of drug-likeness (QED) is 0.385. The van der Waals surface area contributed by atoms with Gasteiger partial charge in [-0.25, -0.2) is 10.4 Å². The highest BCUT2D eigenvalue weighted by molar-refractivity contribution is 5.85. The van der Waals surface area contributed by atoms with E-state index in [0.717, 1.165) is 11.1 Å². The van der Waals surface area contributed by atoms with Crippen molar-refractivity contribution < 1.29 is 5.11 Å². The number of benzene rings is 2. The van der Waals surface area contributed by atoms with Crippen molar-refractivity contribution in [2.24, 2.45) is 5.10 Å². The van der Waals surface area contributed by atoms with Crippen molar-refractivity contribution >= 4 is 12.2 Å². The van der Waals surface area contributed by atoms with Crippen LogP contribution in [0.4, 0.5) is 5.95 Å². The van der Waals surface area contributed by atoms with Crippen LogP contribution in [0.15, 0.2) is 52.4 Å². The number of aromatic amines is 1. The highest BCUT2D eigenvalue weighted by Gasteiger charge is 2.24. The molecule has 0 aliphatic heterocycles. The summed E-state index contributed by atoms with van der Waals surface area (Å²) in [5, 5.41) is 24.5. The summed E-state index contributed by atoms with van der Waals surface area (Å²) in [6.07, 6.45) is 1.50. The molecular weight excluding hydrogens is 414 g/mol. The van der Waals surface area contributed by atoms with E-state index in [0.29, 0.717) is 11.1 Å². The van der Waals surface area contributed by atoms with Crippen molar-refractivity contribution in [2.75, 3.05) is 5.43 Å². The number of aromatic nitrogens is 2. The molecule has 0 aliphatic carbocycles. The number of nitrogens with one attached hydrogen (secondary N) is 2. The number of nitriles is 1. The molecule has 1 heterocycles. The average molecular weight is 444 g/mol. The maximum atomic E-state index is 12.4. The Kier molecular flexibility index (Phi) is 6.41. The Morgan fingerprint density at radius 2 is 1.76 bits per heavy atom. The third-order valence-corrected chi connectivity index (χ3v) is 5.27. The lowest BCUT2D eigenvalue weighted by Crippen LogP contribution is -2.17. The molecule has 3 N–H and O–H groups in total. The Hall–Kier alpha value is -3.92. The first kappa shape index (κ1) is 23.7. The van der Waals surface area contributed by atoms with Crippen LogP contribution in [0.3, 0.4) is 0 Å². The van der Waals surface area contributed by atoms with E-state index in [1.807, 2.05) is 57.2 Å². The van der Waals surface area contributed by atoms with Crippen molar-refractivity contribution in [2.45, 2.75) is 52.4 Å². The molecule has 0 saturated carbocycles. The molecule has 0 aliphatic rings. The molecule has 0 spiro atoms. The summed E-state index contributed by atoms with van der Waals surface area (Å²) in [6, 6.07) is 14.9. The minimum Gasteiger partial charge on any atom is -0.507 e. The molecule has 3 rings (SSSR count). The highest BCUT2D eigenvalue weighted by Crippen LogP contribution is 2.37. The zero-order valence-electron chi connectivity index (χ0n) is 19.8. The molecule has 0 bridgehead atoms. The smallest absolute Gasteiger partial charge is 0.270 e. The van der Waals surface area contributed by atoms with Gasteiger partial charge in [0.1, 0.15) is 17.4 Å². The zero-order valence-corrected chi connectivity index (χ0v) is 19.8. The number of hydrogen-bond donors (Lipinski definition) is 3. The number of phenols is 1. The fourth-order valence-electron chi connectivity index (χ4n) is 3.36. The number of aromatic hydroxyl groups is 1. The van der Waals surface area contributed by atoms with Gasteiger partial charge in [-0.1, -0.05) is 77.9 Å². The van der Waals surface area contributed by atoms with Crippen molar-refractivity contribution in [3.05, 3.63) is 75.1 Å². The molecule has 2 aromatic carbocycles. The number of hydrazone groups is 1. The van der Waals surface area contributed by atoms with E-state index in [9.17, 15) is 15.2 Å². The van der Waals surface area contributed by atoms with Gasteiger partial charge in [0.25, 0.3) is 5.56 Å². The van der Waals surface area contributed by atoms with E-state index in [1.165, 1.54) is 6.21 Å². The highest BCUT2D eigenvalue weighted by atomic mass is 16.3. The Bertz CT molecular complexity index is 1290. The normalized spacial score (nSPS) is 12.0. The maximum absolute atomic E-state index is 12.4. The fourth-order valence-corrected chi connectivity index (χ4v) is 3.36. The summed E-state index contributed by atoms with van der Waals surface area (Å²) < 4.78 is 0. The number of hydrogen-bond acceptors (Lipinski definition) is 6. The minimum absolute atomic E-state index is 0.0685. The molecule has 7 nitrogen and oxygen atoms in total. The number of H-pyrrole nitrogens is 1. The van der Waals surface area contributed by atoms with Gasteiger partial charge in [-0.05, 0) is 22.5 Å². The second-order valence-corrected chi connectivity index (χ2v) is 9.95. The number of nitrogens with zero attached hydrogens (tertiary/aromatic N) is 3. The average Bonchev–Trinajstić information content (AvgIpc) is 2.73. The van der Waals surface area contributed by atoms with Crippen molar-refractivity contribution in [3.8, 4) is 23.1 Å². The van der Waals surface area contributed by atoms with Gasteiger partial charge in [-0.3, -0.25) is 9.78 Å². The van der Waals surface area contributed by atoms with E-state index in [4.69, 9.17) is 0 Å². The molecule has 1 aromatic heterocycles. The summed E-state index contributed by atoms with van der Waals surface area (Å²) in [4.78, 5) is 19.3. The molecule has 0 radical (unpaired) electrons. The second kappa shape index (κ2) is 8.91. The molecule has 0 amide bonds. The lowest BCUT2D eigenvalue weighted by molar-refractivity contribution is 0.444. The van der Waals surface area contributed by atoms with Crippen LogP contribution in [-0.4, -0.2) is 21.3 Å². The van der Waals surface area contributed by atoms with Gasteiger partial charge in [-0.15, -0.1) is 0 Å². The van der Waals surface area contributed by atoms with Gasteiger partial charge >= 0.3 is 0 Å². The van der Waals surface area contributed by atoms with Crippen LogP contribution in [0, 0.1) is 11.3 Å². The summed E-state index contributed by atoms with van der Waals surface area (Å²) >= 11 is 0. The summed E-state index contributed by atoms with van der Waals surface area (Å²) in [5.74, 6) is 0.254. The standard InChI is InChI=1S/C26H29N5O2/c1-25(2,3)18-12-17(22(32)20(13-18)26(4,5)6)15-28-31-24-29-21(16-10-8-7-9-11-16)19(14-27)23(33)30-24/h7-13,15,32H,1-6H3,(H2,29,30,31,33). The lowest BCUT2D eigenvalue weighted by Gasteiger charge is -2.26. The topological polar surface area (TPSA) is 114 Å². The first-order valence-electron chi connectivity index (χ1n) is 10.7. The van der Waals surface area contributed by atoms with Gasteiger partial charge in [0.05, 0.1) is 11.9 Å². The SMILES string of the molecule is CC(C)(C)c1cc(C=NNc2nc(-c3ccccc3)c(C#N)c(=O)[nH]2)c(O)c(C(C)(C)C)c1. The molecule has 0 unspecified atom stereocenters. The molecular formula is C26H29N5O2. The van der Waals surface area contributed by atoms with Gasteiger partial charge < -0.3 is 5.11 Å². The predicted molar refractivity (Wildman–Crippen MR) is 132 cm³/mol. The van der Waals surface area contributed by atoms with Crippen LogP contribution < -0.4 is 11.0 Å². The van der Waals surface area contributed by atoms with Gasteiger partial charge in [0.15, 0.2) is 0 Å². The second-order valence-electron chi connectivity index (χ2n) is 9.95. The van der Waals surface area contributed by atoms with E-state index in [1.54, 1.807) is 12.1 Å². The molecule has 33 heavy (non-hydrogen) atoms. The lowest BCUT2D eigenvalue weighted by atomic mass is 9.79. The molecule has 7 heteroatoms. The zero-order chi connectivity index (χ0) is 24.4. The third-order valence-electron chi connectivity index (χ3n) is 5.27. The number of rotatable bonds is 4. The maximum Gasteiger partial charge on any atom is 0.270 e. The van der Waals surface area contributed by atoms with E-state index in [-0.39, 0.29) is 33.8 Å². The summed E-state index contributed by atoms with van der Waals surface area (Å²) in [6.45, 7) is 12.5. The van der Waals surface area contributed by atoms with Gasteiger partial charge in [-0.2, -0.15) is 10.4 Å². The Morgan fingerprint density at radius 3 is 2.33 bits per heavy atom. The molecule has 3 aromatic rings. The Labute approximate surface area is 193 Å². The summed E-state index contributed by atoms with van der Waals surface area (Å²) in [7, 11) is 0. The van der Waals surface area contributed by atoms with Crippen LogP contribution in [0.2, 0.25) is 0 Å². The first-order chi connectivity index (χ1) is 15.4. The predicted octanol–water partition coefficient (Wildman–Crippen LogP) is 5.06. The first-order valence-corrected chi connectivity index (χ1v) is 10.7. The van der Waals surface area contributed by atoms with Crippen LogP contribution in [0.5, 0.6) is 5.75 Å². The molecule has 0 fully saturated rings. The molecule has 0 atom stereocenters. The fraction of sp³-hybridized carbons (Fsp3) is 0.308. The van der Waals surface area contributed by atoms with Crippen LogP contribution >= 0.6 is 0 Å². The van der Waals surface area contributed by atoms with Crippen LogP contribution in [-0.2, 0) is 10.8 Å². The Morgan fingerprint density at radius 1 is 1.09 bits per heavy atom. The monoisotopic (exact) mass is 443 g/mol. The van der Waals surface area contributed by atoms with E-state index >= 15 is 0 Å². The molecule has 170 valence electrons. The van der Waals surface area contributed by atoms with Crippen LogP contribution in [0.1, 0.15) is 63.8 Å². The summed E-state index contributed by atoms with van der Waals surface area (Å²) in [5.41, 5.74) is 5.09. The van der Waals surface area contributed by atoms with Gasteiger partial charge in [0.2, 0.25) is 5.95 Å². The Balaban J connectivity index is 2.00. The minimum atomic E-state index is -0.559. The van der Waals surface area contributed by atoms with E-state index < -0.39 is 5.56 Å². The number of phenolic OH excluding ortho intramolecular Hbond substituents is 1. The van der Waals surface area contributed by atoms with Gasteiger partial charge in [0, 0.05) is 16.7 Å². The van der Waals surface area contributed by atoms with Crippen LogP contribution in [0.25, 0.3) is 11.3 Å². The largest absolute Gasteiger partial charge is 0.507 e. The van der Waals surface area contributed by atoms with Crippen molar-refractivity contribution in [1.29, 1.82) is 5.26 Å². The van der Waals surface area contributed by atoms with Crippen molar-refractivity contribution in [1.82, 2.24) is 9.97 Å². The van der Waals surface area contributed by atoms with Crippen molar-refractivity contribution in [3.63, 3.8) is 0 Å². The third kappa shape index (κ3) is 5.29. The van der Waals surface area contributed by atoms with E-state index in [2.05, 4.69) is 41.3 Å². The molecule has 0 saturated heterocycles. The number of anilines is 1.